The van der Waals surface area contributed by atoms with Gasteiger partial charge in [0.1, 0.15) is 5.82 Å². The van der Waals surface area contributed by atoms with Gasteiger partial charge in [0.25, 0.3) is 0 Å². The highest BCUT2D eigenvalue weighted by atomic mass is 16.5. The van der Waals surface area contributed by atoms with E-state index in [9.17, 15) is 0 Å². The highest BCUT2D eigenvalue weighted by Crippen LogP contribution is 2.44. The molecule has 5 heteroatoms. The van der Waals surface area contributed by atoms with Crippen LogP contribution in [0.1, 0.15) is 27.2 Å². The van der Waals surface area contributed by atoms with Crippen LogP contribution in [0.2, 0.25) is 0 Å². The van der Waals surface area contributed by atoms with Gasteiger partial charge in [-0.15, -0.1) is 0 Å². The molecule has 2 aromatic rings. The number of aromatic nitrogens is 3. The van der Waals surface area contributed by atoms with Gasteiger partial charge in [-0.3, -0.25) is 0 Å². The fourth-order valence-electron chi connectivity index (χ4n) is 2.69. The Morgan fingerprint density at radius 3 is 3.05 bits per heavy atom. The molecule has 2 unspecified atom stereocenters. The van der Waals surface area contributed by atoms with Crippen LogP contribution in [0.15, 0.2) is 24.5 Å². The molecule has 0 aromatic carbocycles. The highest BCUT2D eigenvalue weighted by Gasteiger charge is 2.49. The first-order chi connectivity index (χ1) is 9.11. The SMILES string of the molecule is CCOC1CC(Nc2ccn3nccc3n2)C1(C)C. The molecule has 1 N–H and O–H groups in total. The van der Waals surface area contributed by atoms with Crippen LogP contribution in [0.5, 0.6) is 0 Å². The maximum absolute atomic E-state index is 5.74. The van der Waals surface area contributed by atoms with E-state index in [0.29, 0.717) is 12.1 Å². The van der Waals surface area contributed by atoms with E-state index in [1.54, 1.807) is 10.7 Å². The average molecular weight is 260 g/mol. The summed E-state index contributed by atoms with van der Waals surface area (Å²) >= 11 is 0. The summed E-state index contributed by atoms with van der Waals surface area (Å²) in [4.78, 5) is 4.54. The number of nitrogens with one attached hydrogen (secondary N) is 1. The van der Waals surface area contributed by atoms with E-state index >= 15 is 0 Å². The first-order valence-electron chi connectivity index (χ1n) is 6.80. The molecule has 0 bridgehead atoms. The lowest BCUT2D eigenvalue weighted by atomic mass is 9.64. The number of fused-ring (bicyclic) bond motifs is 1. The van der Waals surface area contributed by atoms with Crippen LogP contribution in [0.3, 0.4) is 0 Å². The van der Waals surface area contributed by atoms with Crippen molar-refractivity contribution in [1.29, 1.82) is 0 Å². The van der Waals surface area contributed by atoms with Gasteiger partial charge >= 0.3 is 0 Å². The van der Waals surface area contributed by atoms with Crippen molar-refractivity contribution in [2.75, 3.05) is 11.9 Å². The molecule has 2 atom stereocenters. The fraction of sp³-hybridized carbons (Fsp3) is 0.571. The van der Waals surface area contributed by atoms with E-state index in [2.05, 4.69) is 29.2 Å². The molecular weight excluding hydrogens is 240 g/mol. The van der Waals surface area contributed by atoms with Crippen LogP contribution < -0.4 is 5.32 Å². The van der Waals surface area contributed by atoms with E-state index in [1.165, 1.54) is 0 Å². The van der Waals surface area contributed by atoms with E-state index in [0.717, 1.165) is 24.5 Å². The summed E-state index contributed by atoms with van der Waals surface area (Å²) in [5.41, 5.74) is 1.01. The average Bonchev–Trinajstić information content (AvgIpc) is 2.85. The number of rotatable bonds is 4. The van der Waals surface area contributed by atoms with Crippen LogP contribution in [0.25, 0.3) is 5.65 Å². The Bertz CT molecular complexity index is 578. The predicted octanol–water partition coefficient (Wildman–Crippen LogP) is 2.34. The van der Waals surface area contributed by atoms with Gasteiger partial charge < -0.3 is 10.1 Å². The molecule has 2 aromatic heterocycles. The van der Waals surface area contributed by atoms with E-state index in [1.807, 2.05) is 25.3 Å². The molecule has 1 fully saturated rings. The molecule has 2 heterocycles. The molecule has 0 radical (unpaired) electrons. The number of anilines is 1. The number of hydrogen-bond donors (Lipinski definition) is 1. The molecule has 3 rings (SSSR count). The van der Waals surface area contributed by atoms with Gasteiger partial charge in [-0.05, 0) is 19.4 Å². The van der Waals surface area contributed by atoms with Crippen LogP contribution in [-0.2, 0) is 4.74 Å². The van der Waals surface area contributed by atoms with Crippen molar-refractivity contribution in [3.05, 3.63) is 24.5 Å². The summed E-state index contributed by atoms with van der Waals surface area (Å²) in [6.07, 6.45) is 5.06. The summed E-state index contributed by atoms with van der Waals surface area (Å²) < 4.78 is 7.51. The first-order valence-corrected chi connectivity index (χ1v) is 6.80. The van der Waals surface area contributed by atoms with Crippen molar-refractivity contribution in [2.24, 2.45) is 5.41 Å². The lowest BCUT2D eigenvalue weighted by molar-refractivity contribution is -0.0976. The number of nitrogens with zero attached hydrogens (tertiary/aromatic N) is 3. The number of ether oxygens (including phenoxy) is 1. The summed E-state index contributed by atoms with van der Waals surface area (Å²) in [5.74, 6) is 0.904. The minimum atomic E-state index is 0.143. The van der Waals surface area contributed by atoms with Crippen molar-refractivity contribution >= 4 is 11.5 Å². The van der Waals surface area contributed by atoms with E-state index < -0.39 is 0 Å². The molecule has 5 nitrogen and oxygen atoms in total. The second-order valence-electron chi connectivity index (χ2n) is 5.64. The second kappa shape index (κ2) is 4.49. The van der Waals surface area contributed by atoms with E-state index in [4.69, 9.17) is 4.74 Å². The molecule has 0 saturated heterocycles. The third kappa shape index (κ3) is 2.08. The maximum atomic E-state index is 5.74. The van der Waals surface area contributed by atoms with Crippen molar-refractivity contribution < 1.29 is 4.74 Å². The lowest BCUT2D eigenvalue weighted by Gasteiger charge is -2.51. The normalized spacial score (nSPS) is 25.2. The van der Waals surface area contributed by atoms with Gasteiger partial charge in [0.2, 0.25) is 0 Å². The van der Waals surface area contributed by atoms with Gasteiger partial charge in [0.15, 0.2) is 5.65 Å². The van der Waals surface area contributed by atoms with Gasteiger partial charge in [-0.1, -0.05) is 13.8 Å². The van der Waals surface area contributed by atoms with Gasteiger partial charge in [-0.25, -0.2) is 9.50 Å². The summed E-state index contributed by atoms with van der Waals surface area (Å²) in [6, 6.07) is 4.27. The quantitative estimate of drug-likeness (QED) is 0.916. The molecule has 1 aliphatic rings. The molecule has 0 amide bonds. The van der Waals surface area contributed by atoms with Crippen LogP contribution in [0.4, 0.5) is 5.82 Å². The molecular formula is C14H20N4O. The summed E-state index contributed by atoms with van der Waals surface area (Å²) in [5, 5.41) is 7.65. The van der Waals surface area contributed by atoms with Crippen molar-refractivity contribution in [3.63, 3.8) is 0 Å². The number of hydrogen-bond acceptors (Lipinski definition) is 4. The monoisotopic (exact) mass is 260 g/mol. The van der Waals surface area contributed by atoms with Gasteiger partial charge in [-0.2, -0.15) is 5.10 Å². The lowest BCUT2D eigenvalue weighted by Crippen LogP contribution is -2.58. The van der Waals surface area contributed by atoms with Crippen molar-refractivity contribution in [2.45, 2.75) is 39.3 Å². The Morgan fingerprint density at radius 1 is 1.47 bits per heavy atom. The largest absolute Gasteiger partial charge is 0.378 e. The van der Waals surface area contributed by atoms with Gasteiger partial charge in [0.05, 0.1) is 12.3 Å². The highest BCUT2D eigenvalue weighted by molar-refractivity contribution is 5.46. The summed E-state index contributed by atoms with van der Waals surface area (Å²) in [6.45, 7) is 7.31. The van der Waals surface area contributed by atoms with Gasteiger partial charge in [0, 0.05) is 30.3 Å². The Morgan fingerprint density at radius 2 is 2.32 bits per heavy atom. The zero-order valence-corrected chi connectivity index (χ0v) is 11.6. The topological polar surface area (TPSA) is 51.5 Å². The molecule has 19 heavy (non-hydrogen) atoms. The summed E-state index contributed by atoms with van der Waals surface area (Å²) in [7, 11) is 0. The van der Waals surface area contributed by atoms with Crippen LogP contribution >= 0.6 is 0 Å². The smallest absolute Gasteiger partial charge is 0.157 e. The Kier molecular flexibility index (Phi) is 2.93. The second-order valence-corrected chi connectivity index (χ2v) is 5.64. The minimum Gasteiger partial charge on any atom is -0.378 e. The van der Waals surface area contributed by atoms with Crippen molar-refractivity contribution in [1.82, 2.24) is 14.6 Å². The predicted molar refractivity (Wildman–Crippen MR) is 74.2 cm³/mol. The Labute approximate surface area is 113 Å². The Balaban J connectivity index is 1.72. The first kappa shape index (κ1) is 12.4. The third-order valence-electron chi connectivity index (χ3n) is 4.13. The molecule has 1 aliphatic carbocycles. The van der Waals surface area contributed by atoms with Crippen molar-refractivity contribution in [3.8, 4) is 0 Å². The van der Waals surface area contributed by atoms with Crippen LogP contribution in [-0.4, -0.2) is 33.4 Å². The zero-order chi connectivity index (χ0) is 13.5. The zero-order valence-electron chi connectivity index (χ0n) is 11.6. The van der Waals surface area contributed by atoms with E-state index in [-0.39, 0.29) is 5.41 Å². The minimum absolute atomic E-state index is 0.143. The Hall–Kier alpha value is -1.62. The molecule has 0 aliphatic heterocycles. The standard InChI is InChI=1S/C14H20N4O/c1-4-19-11-9-10(14(11,2)3)16-12-6-8-18-13(17-12)5-7-15-18/h5-8,10-11H,4,9H2,1-3H3,(H,16,17). The molecule has 1 saturated carbocycles. The molecule has 0 spiro atoms. The molecule has 102 valence electrons. The fourth-order valence-corrected chi connectivity index (χ4v) is 2.69. The maximum Gasteiger partial charge on any atom is 0.157 e. The third-order valence-corrected chi connectivity index (χ3v) is 4.13. The van der Waals surface area contributed by atoms with Crippen LogP contribution in [0, 0.1) is 5.41 Å².